The number of hydrogen-bond acceptors (Lipinski definition) is 4. The van der Waals surface area contributed by atoms with Crippen LogP contribution in [0.4, 0.5) is 0 Å². The summed E-state index contributed by atoms with van der Waals surface area (Å²) < 4.78 is 16.8. The first-order valence-electron chi connectivity index (χ1n) is 9.42. The van der Waals surface area contributed by atoms with Gasteiger partial charge < -0.3 is 19.3 Å². The second-order valence-corrected chi connectivity index (χ2v) is 7.25. The maximum atomic E-state index is 11.4. The third-order valence-electron chi connectivity index (χ3n) is 4.78. The zero-order valence-corrected chi connectivity index (χ0v) is 16.4. The van der Waals surface area contributed by atoms with Crippen LogP contribution in [0.15, 0.2) is 54.6 Å². The van der Waals surface area contributed by atoms with E-state index in [2.05, 4.69) is 18.2 Å². The van der Waals surface area contributed by atoms with Crippen LogP contribution in [0.2, 0.25) is 0 Å². The van der Waals surface area contributed by atoms with Gasteiger partial charge in [0.15, 0.2) is 11.5 Å². The molecule has 1 N–H and O–H groups in total. The highest BCUT2D eigenvalue weighted by Gasteiger charge is 2.16. The van der Waals surface area contributed by atoms with Crippen LogP contribution in [-0.4, -0.2) is 17.9 Å². The van der Waals surface area contributed by atoms with E-state index in [9.17, 15) is 9.90 Å². The summed E-state index contributed by atoms with van der Waals surface area (Å²) in [7, 11) is 0. The second kappa shape index (κ2) is 7.87. The number of ether oxygens (including phenoxy) is 3. The van der Waals surface area contributed by atoms with Gasteiger partial charge in [0, 0.05) is 5.56 Å². The fourth-order valence-corrected chi connectivity index (χ4v) is 3.59. The van der Waals surface area contributed by atoms with Gasteiger partial charge in [-0.2, -0.15) is 0 Å². The monoisotopic (exact) mass is 390 g/mol. The molecular formula is C24H22O5. The van der Waals surface area contributed by atoms with Crippen molar-refractivity contribution in [3.8, 4) is 28.4 Å². The van der Waals surface area contributed by atoms with Gasteiger partial charge >= 0.3 is 5.97 Å². The number of carboxylic acids is 1. The Morgan fingerprint density at radius 2 is 1.62 bits per heavy atom. The molecule has 5 heteroatoms. The standard InChI is InChI=1S/C24H22O5/c1-15-7-16(2)9-17(8-15)13-27-21-5-3-18(10-20(21)12-24(25)26)19-4-6-22-23(11-19)29-14-28-22/h3-11H,12-14H2,1-2H3,(H,25,26). The lowest BCUT2D eigenvalue weighted by molar-refractivity contribution is -0.136. The van der Waals surface area contributed by atoms with Gasteiger partial charge in [0.05, 0.1) is 6.42 Å². The minimum atomic E-state index is -0.899. The lowest BCUT2D eigenvalue weighted by atomic mass is 10.0. The van der Waals surface area contributed by atoms with Gasteiger partial charge in [0.2, 0.25) is 6.79 Å². The highest BCUT2D eigenvalue weighted by Crippen LogP contribution is 2.37. The number of aryl methyl sites for hydroxylation is 2. The fraction of sp³-hybridized carbons (Fsp3) is 0.208. The third-order valence-corrected chi connectivity index (χ3v) is 4.78. The Morgan fingerprint density at radius 3 is 2.38 bits per heavy atom. The average molecular weight is 390 g/mol. The number of carboxylic acid groups (broad SMARTS) is 1. The summed E-state index contributed by atoms with van der Waals surface area (Å²) in [5.74, 6) is 1.09. The Bertz CT molecular complexity index is 1050. The maximum Gasteiger partial charge on any atom is 0.307 e. The smallest absolute Gasteiger partial charge is 0.307 e. The topological polar surface area (TPSA) is 65.0 Å². The summed E-state index contributed by atoms with van der Waals surface area (Å²) in [5.41, 5.74) is 5.88. The molecule has 0 fully saturated rings. The highest BCUT2D eigenvalue weighted by atomic mass is 16.7. The molecule has 0 spiro atoms. The van der Waals surface area contributed by atoms with E-state index in [-0.39, 0.29) is 13.2 Å². The van der Waals surface area contributed by atoms with Crippen molar-refractivity contribution in [1.82, 2.24) is 0 Å². The molecule has 0 saturated heterocycles. The minimum absolute atomic E-state index is 0.111. The normalized spacial score (nSPS) is 12.1. The Labute approximate surface area is 169 Å². The Hall–Kier alpha value is -3.47. The lowest BCUT2D eigenvalue weighted by Gasteiger charge is -2.13. The van der Waals surface area contributed by atoms with E-state index in [1.807, 2.05) is 50.2 Å². The molecule has 1 aliphatic rings. The molecule has 0 atom stereocenters. The Morgan fingerprint density at radius 1 is 0.931 bits per heavy atom. The van der Waals surface area contributed by atoms with E-state index < -0.39 is 5.97 Å². The second-order valence-electron chi connectivity index (χ2n) is 7.25. The quantitative estimate of drug-likeness (QED) is 0.648. The third kappa shape index (κ3) is 4.35. The highest BCUT2D eigenvalue weighted by molar-refractivity contribution is 5.74. The summed E-state index contributed by atoms with van der Waals surface area (Å²) in [6, 6.07) is 17.6. The predicted octanol–water partition coefficient (Wildman–Crippen LogP) is 4.91. The van der Waals surface area contributed by atoms with E-state index in [1.54, 1.807) is 0 Å². The van der Waals surface area contributed by atoms with Crippen molar-refractivity contribution < 1.29 is 24.1 Å². The van der Waals surface area contributed by atoms with Gasteiger partial charge in [-0.05, 0) is 54.8 Å². The molecule has 0 aliphatic carbocycles. The minimum Gasteiger partial charge on any atom is -0.489 e. The van der Waals surface area contributed by atoms with Gasteiger partial charge in [-0.3, -0.25) is 4.79 Å². The summed E-state index contributed by atoms with van der Waals surface area (Å²) in [5, 5.41) is 9.35. The van der Waals surface area contributed by atoms with Crippen LogP contribution < -0.4 is 14.2 Å². The van der Waals surface area contributed by atoms with Crippen LogP contribution >= 0.6 is 0 Å². The molecule has 4 rings (SSSR count). The van der Waals surface area contributed by atoms with Gasteiger partial charge in [0.25, 0.3) is 0 Å². The van der Waals surface area contributed by atoms with Crippen LogP contribution in [0, 0.1) is 13.8 Å². The van der Waals surface area contributed by atoms with Crippen LogP contribution in [0.1, 0.15) is 22.3 Å². The van der Waals surface area contributed by atoms with Crippen LogP contribution in [-0.2, 0) is 17.8 Å². The first-order valence-corrected chi connectivity index (χ1v) is 9.42. The number of benzene rings is 3. The van der Waals surface area contributed by atoms with Crippen LogP contribution in [0.25, 0.3) is 11.1 Å². The van der Waals surface area contributed by atoms with Crippen molar-refractivity contribution in [2.24, 2.45) is 0 Å². The van der Waals surface area contributed by atoms with Crippen molar-refractivity contribution in [2.45, 2.75) is 26.9 Å². The molecule has 1 aliphatic heterocycles. The zero-order chi connectivity index (χ0) is 20.4. The molecule has 3 aromatic carbocycles. The van der Waals surface area contributed by atoms with Crippen LogP contribution in [0.3, 0.4) is 0 Å². The first kappa shape index (κ1) is 18.9. The van der Waals surface area contributed by atoms with Crippen molar-refractivity contribution in [1.29, 1.82) is 0 Å². The van der Waals surface area contributed by atoms with E-state index in [0.29, 0.717) is 29.4 Å². The summed E-state index contributed by atoms with van der Waals surface area (Å²) in [6.45, 7) is 4.70. The molecule has 148 valence electrons. The number of aliphatic carboxylic acids is 1. The largest absolute Gasteiger partial charge is 0.489 e. The molecule has 0 amide bonds. The maximum absolute atomic E-state index is 11.4. The van der Waals surface area contributed by atoms with Crippen molar-refractivity contribution in [3.63, 3.8) is 0 Å². The molecule has 1 heterocycles. The molecule has 5 nitrogen and oxygen atoms in total. The summed E-state index contributed by atoms with van der Waals surface area (Å²) in [6.07, 6.45) is -0.111. The molecule has 3 aromatic rings. The number of carbonyl (C=O) groups is 1. The van der Waals surface area contributed by atoms with Gasteiger partial charge in [-0.25, -0.2) is 0 Å². The molecule has 0 aromatic heterocycles. The number of hydrogen-bond donors (Lipinski definition) is 1. The molecule has 0 unspecified atom stereocenters. The van der Waals surface area contributed by atoms with Crippen LogP contribution in [0.5, 0.6) is 17.2 Å². The van der Waals surface area contributed by atoms with E-state index in [1.165, 1.54) is 11.1 Å². The molecule has 0 saturated carbocycles. The van der Waals surface area contributed by atoms with Gasteiger partial charge in [-0.15, -0.1) is 0 Å². The molecule has 29 heavy (non-hydrogen) atoms. The zero-order valence-electron chi connectivity index (χ0n) is 16.4. The first-order chi connectivity index (χ1) is 14.0. The number of rotatable bonds is 6. The SMILES string of the molecule is Cc1cc(C)cc(COc2ccc(-c3ccc4c(c3)OCO4)cc2CC(=O)O)c1. The summed E-state index contributed by atoms with van der Waals surface area (Å²) in [4.78, 5) is 11.4. The lowest BCUT2D eigenvalue weighted by Crippen LogP contribution is -2.05. The Balaban J connectivity index is 1.61. The van der Waals surface area contributed by atoms with Gasteiger partial charge in [0.1, 0.15) is 12.4 Å². The average Bonchev–Trinajstić information content (AvgIpc) is 3.13. The number of fused-ring (bicyclic) bond motifs is 1. The molecule has 0 radical (unpaired) electrons. The predicted molar refractivity (Wildman–Crippen MR) is 110 cm³/mol. The van der Waals surface area contributed by atoms with Gasteiger partial charge in [-0.1, -0.05) is 41.5 Å². The van der Waals surface area contributed by atoms with Crippen molar-refractivity contribution in [3.05, 3.63) is 76.9 Å². The summed E-state index contributed by atoms with van der Waals surface area (Å²) >= 11 is 0. The Kier molecular flexibility index (Phi) is 5.12. The fourth-order valence-electron chi connectivity index (χ4n) is 3.59. The molecular weight excluding hydrogens is 368 g/mol. The molecule has 0 bridgehead atoms. The van der Waals surface area contributed by atoms with E-state index in [0.717, 1.165) is 16.7 Å². The van der Waals surface area contributed by atoms with Crippen molar-refractivity contribution in [2.75, 3.05) is 6.79 Å². The van der Waals surface area contributed by atoms with E-state index >= 15 is 0 Å². The van der Waals surface area contributed by atoms with E-state index in [4.69, 9.17) is 14.2 Å². The van der Waals surface area contributed by atoms with Crippen molar-refractivity contribution >= 4 is 5.97 Å².